The van der Waals surface area contributed by atoms with Gasteiger partial charge in [0.25, 0.3) is 0 Å². The summed E-state index contributed by atoms with van der Waals surface area (Å²) in [5, 5.41) is 56.4. The van der Waals surface area contributed by atoms with Gasteiger partial charge in [-0.25, -0.2) is 9.59 Å². The van der Waals surface area contributed by atoms with E-state index in [9.17, 15) is 76.4 Å². The Bertz CT molecular complexity index is 4890. The molecule has 4 aliphatic rings. The number of H-pyrrole nitrogens is 1. The number of esters is 1. The van der Waals surface area contributed by atoms with Gasteiger partial charge in [0.2, 0.25) is 59.1 Å². The third-order valence-electron chi connectivity index (χ3n) is 22.3. The maximum atomic E-state index is 15.1. The van der Waals surface area contributed by atoms with Gasteiger partial charge in [0, 0.05) is 99.3 Å². The van der Waals surface area contributed by atoms with Crippen LogP contribution in [-0.2, 0) is 102 Å². The number of likely N-dealkylation sites (N-methyl/N-ethyl adjacent to an activating group) is 1. The van der Waals surface area contributed by atoms with E-state index in [1.807, 2.05) is 6.92 Å². The van der Waals surface area contributed by atoms with E-state index in [0.717, 1.165) is 60.6 Å². The zero-order valence-corrected chi connectivity index (χ0v) is 75.6. The number of fused-ring (bicyclic) bond motifs is 6. The number of carbonyl (C=O) groups excluding carboxylic acids is 13. The van der Waals surface area contributed by atoms with Crippen LogP contribution in [0.1, 0.15) is 95.4 Å². The van der Waals surface area contributed by atoms with E-state index in [1.165, 1.54) is 88.7 Å². The molecule has 696 valence electrons. The van der Waals surface area contributed by atoms with Crippen molar-refractivity contribution >= 4 is 148 Å². The van der Waals surface area contributed by atoms with Crippen LogP contribution in [0.3, 0.4) is 0 Å². The number of benzene rings is 4. The molecule has 3 fully saturated rings. The van der Waals surface area contributed by atoms with Crippen molar-refractivity contribution in [1.82, 2.24) is 57.7 Å². The van der Waals surface area contributed by atoms with Crippen LogP contribution in [-0.4, -0.2) is 263 Å². The summed E-state index contributed by atoms with van der Waals surface area (Å²) in [7, 11) is 9.12. The Hall–Kier alpha value is -10.3. The smallest absolute Gasteiger partial charge is 0.471 e. The first-order valence-electron chi connectivity index (χ1n) is 41.0. The molecular formula is C85H108ClF3N14O21S4. The Morgan fingerprint density at radius 3 is 2.16 bits per heavy atom. The Kier molecular flexibility index (Phi) is 36.7. The molecule has 4 bridgehead atoms. The first kappa shape index (κ1) is 101. The van der Waals surface area contributed by atoms with E-state index < -0.39 is 210 Å². The fraction of sp³-hybridized carbons (Fsp3) is 0.494. The van der Waals surface area contributed by atoms with Crippen LogP contribution in [0.4, 0.5) is 23.7 Å². The number of allylic oxidation sites excluding steroid dienone is 3. The highest BCUT2D eigenvalue weighted by molar-refractivity contribution is 8.77. The normalized spacial score (nSPS) is 25.9. The molecule has 4 aliphatic heterocycles. The number of hydrogen-bond acceptors (Lipinski definition) is 26. The number of nitrogens with zero attached hydrogens (tertiary/aromatic N) is 2. The second-order valence-corrected chi connectivity index (χ2v) is 37.3. The molecule has 1 aromatic heterocycles. The van der Waals surface area contributed by atoms with Crippen LogP contribution in [0.5, 0.6) is 11.5 Å². The third-order valence-corrected chi connectivity index (χ3v) is 27.5. The number of primary amides is 1. The van der Waals surface area contributed by atoms with Crippen molar-refractivity contribution in [2.24, 2.45) is 17.4 Å². The van der Waals surface area contributed by atoms with Gasteiger partial charge < -0.3 is 108 Å². The predicted molar refractivity (Wildman–Crippen MR) is 475 cm³/mol. The van der Waals surface area contributed by atoms with Crippen molar-refractivity contribution in [2.75, 3.05) is 62.8 Å². The number of ether oxygens (including phenoxy) is 5. The molecule has 0 aliphatic carbocycles. The van der Waals surface area contributed by atoms with Crippen LogP contribution in [0.25, 0.3) is 10.9 Å². The number of aromatic nitrogens is 1. The van der Waals surface area contributed by atoms with Gasteiger partial charge in [0.15, 0.2) is 5.72 Å². The summed E-state index contributed by atoms with van der Waals surface area (Å²) in [6, 6.07) is 8.15. The van der Waals surface area contributed by atoms with Gasteiger partial charge in [-0.15, -0.1) is 0 Å². The van der Waals surface area contributed by atoms with Gasteiger partial charge in [0.1, 0.15) is 94.8 Å². The zero-order valence-electron chi connectivity index (χ0n) is 71.6. The van der Waals surface area contributed by atoms with Crippen LogP contribution in [0.2, 0.25) is 5.02 Å². The number of aromatic hydroxyl groups is 1. The van der Waals surface area contributed by atoms with Gasteiger partial charge in [0.05, 0.1) is 31.4 Å². The van der Waals surface area contributed by atoms with Gasteiger partial charge in [-0.2, -0.15) is 13.2 Å². The van der Waals surface area contributed by atoms with E-state index in [4.69, 9.17) is 46.8 Å². The van der Waals surface area contributed by atoms with Crippen molar-refractivity contribution in [3.63, 3.8) is 0 Å². The Labute approximate surface area is 757 Å². The van der Waals surface area contributed by atoms with E-state index >= 15 is 14.4 Å². The number of nitrogens with two attached hydrogens (primary N) is 2. The summed E-state index contributed by atoms with van der Waals surface area (Å²) in [6.07, 6.45) is -7.28. The van der Waals surface area contributed by atoms with E-state index in [2.05, 4.69) is 47.5 Å². The zero-order chi connectivity index (χ0) is 93.6. The number of halogens is 4. The fourth-order valence-electron chi connectivity index (χ4n) is 14.6. The summed E-state index contributed by atoms with van der Waals surface area (Å²) >= 11 is 6.88. The largest absolute Gasteiger partial charge is 0.508 e. The standard InChI is InChI=1S/C85H108ClF3N14O21S4/c1-44-18-17-24-65(121-9)84(119)39-64(122-82(118)101-84)45(2)71-83(5,124-71)66(38-68(107)103(7)62-35-50(32-44)36-63(120-8)69(62)86)123-80(116)46(3)102(6)67(106)29-31-125-126-41-59(72(91)108)96-78(114)61-43-128-127-42-60(97-75(111)57(99-81(117)85(87,88)89)33-48-19-11-10-12-20-48)77(113)94-56(34-49-25-27-52(105)28-26-49)74(110)95-58(37-51-40-92-54-22-14-13-21-53(51)54)76(112)93-55(23-15-16-30-90)73(109)100-70(47(4)104)79(115)98-61/h10-14,17-22,24-28,35-36,40,45-47,55-61,64-66,70-71,92,104-105,119H,15-16,23,29-34,37-39,41-43,90H2,1-9H3,(H2,91,108)(H,93,112)(H,94,113)(H,95,110)(H,96,114)(H,97,111)(H,98,115)(H,99,117)(H,100,109)(H,101,118)/b24-17+,44-18+/t45-,46+,47-,55+,56+,57-,58-,59-,60+,61+,64+,65-,66+,70+,71+,83+,84+/m1/s1. The molecule has 43 heteroatoms. The van der Waals surface area contributed by atoms with Crippen LogP contribution >= 0.6 is 54.8 Å². The van der Waals surface area contributed by atoms with Crippen molar-refractivity contribution in [3.8, 4) is 11.5 Å². The number of aliphatic hydroxyl groups is 2. The van der Waals surface area contributed by atoms with Crippen LogP contribution in [0, 0.1) is 5.92 Å². The highest BCUT2D eigenvalue weighted by atomic mass is 35.5. The monoisotopic (exact) mass is 1880 g/mol. The summed E-state index contributed by atoms with van der Waals surface area (Å²) < 4.78 is 71.7. The lowest BCUT2D eigenvalue weighted by Crippen LogP contribution is -2.63. The van der Waals surface area contributed by atoms with E-state index in [1.54, 1.807) is 86.1 Å². The van der Waals surface area contributed by atoms with Crippen molar-refractivity contribution in [1.29, 1.82) is 0 Å². The molecule has 3 saturated heterocycles. The first-order chi connectivity index (χ1) is 60.6. The third kappa shape index (κ3) is 27.6. The number of methoxy groups -OCH3 is 2. The number of nitrogens with one attached hydrogen (secondary N) is 10. The minimum Gasteiger partial charge on any atom is -0.508 e. The molecule has 0 spiro atoms. The lowest BCUT2D eigenvalue weighted by molar-refractivity contribution is -0.174. The number of alkyl halides is 3. The molecule has 128 heavy (non-hydrogen) atoms. The van der Waals surface area contributed by atoms with Crippen molar-refractivity contribution in [2.45, 2.75) is 201 Å². The molecule has 0 saturated carbocycles. The number of phenolic OH excluding ortho intramolecular Hbond substituents is 1. The topological polar surface area (TPSA) is 515 Å². The summed E-state index contributed by atoms with van der Waals surface area (Å²) in [5.41, 5.74) is 11.9. The summed E-state index contributed by atoms with van der Waals surface area (Å²) in [5.74, 6) is -15.5. The lowest BCUT2D eigenvalue weighted by Gasteiger charge is -2.42. The molecule has 17 N–H and O–H groups in total. The van der Waals surface area contributed by atoms with Gasteiger partial charge >= 0.3 is 24.1 Å². The van der Waals surface area contributed by atoms with Gasteiger partial charge in [-0.3, -0.25) is 58.1 Å². The van der Waals surface area contributed by atoms with Crippen LogP contribution in [0.15, 0.2) is 121 Å². The number of hydrogen-bond donors (Lipinski definition) is 15. The maximum Gasteiger partial charge on any atom is 0.471 e. The molecule has 5 aromatic rings. The Morgan fingerprint density at radius 1 is 0.828 bits per heavy atom. The average molecular weight is 1880 g/mol. The number of para-hydroxylation sites is 1. The number of unbranched alkanes of at least 4 members (excludes halogenated alkanes) is 1. The lowest BCUT2D eigenvalue weighted by atomic mass is 9.83. The SMILES string of the molecule is COc1cc2cc(c1Cl)N(C)C(=O)C[C@H](OC(=O)[C@H](C)N(C)C(=O)CCSSC[C@@H](NC(=O)[C@@H]1CSSC[C@H](NC(=O)[C@@H](Cc3ccccc3)NC(=O)C(F)(F)F)C(=O)N[C@@H](Cc3ccc(O)cc3)C(=O)N[C@H](Cc3c[nH]c4ccccc34)C(=O)N[C@@H](CCCCN)C(=O)N[C@@H]([C@@H](C)O)C(=O)N1)C(N)=O)[C@]1(C)O[C@H]1[C@H](C)[C@@H]1C[C@@](O)(NC(=O)O1)[C@H](OC)/C=C/C=C(\C)C2. The molecule has 9 rings (SSSR count). The summed E-state index contributed by atoms with van der Waals surface area (Å²) in [6.45, 7) is 7.86. The number of aromatic amines is 1. The number of epoxide rings is 1. The highest BCUT2D eigenvalue weighted by Gasteiger charge is 2.65. The van der Waals surface area contributed by atoms with Gasteiger partial charge in [-0.05, 0) is 113 Å². The van der Waals surface area contributed by atoms with Crippen LogP contribution < -0.4 is 69.0 Å². The molecular weight excluding hydrogens is 1770 g/mol. The number of alkyl carbamates (subject to hydrolysis) is 1. The van der Waals surface area contributed by atoms with Crippen molar-refractivity contribution < 1.29 is 115 Å². The minimum atomic E-state index is -5.50. The molecule has 12 amide bonds. The molecule has 5 heterocycles. The van der Waals surface area contributed by atoms with E-state index in [-0.39, 0.29) is 84.3 Å². The second kappa shape index (κ2) is 46.3. The summed E-state index contributed by atoms with van der Waals surface area (Å²) in [4.78, 5) is 192. The highest BCUT2D eigenvalue weighted by Crippen LogP contribution is 2.50. The maximum absolute atomic E-state index is 15.1. The number of aliphatic hydroxyl groups excluding tert-OH is 1. The van der Waals surface area contributed by atoms with E-state index in [0.29, 0.717) is 40.4 Å². The van der Waals surface area contributed by atoms with Gasteiger partial charge in [-0.1, -0.05) is 146 Å². The molecule has 17 atom stereocenters. The quantitative estimate of drug-likeness (QED) is 0.0145. The number of amides is 12. The number of rotatable bonds is 28. The number of anilines is 1. The number of phenols is 1. The molecule has 0 radical (unpaired) electrons. The molecule has 0 unspecified atom stereocenters. The average Bonchev–Trinajstić information content (AvgIpc) is 1.57. The first-order valence-corrected chi connectivity index (χ1v) is 46.4. The van der Waals surface area contributed by atoms with Crippen molar-refractivity contribution in [3.05, 3.63) is 148 Å². The number of carbonyl (C=O) groups is 13. The molecule has 35 nitrogen and oxygen atoms in total. The Balaban J connectivity index is 0.938. The fourth-order valence-corrected chi connectivity index (χ4v) is 19.4. The minimum absolute atomic E-state index is 0.00986. The Morgan fingerprint density at radius 2 is 1.49 bits per heavy atom. The second-order valence-electron chi connectivity index (χ2n) is 31.8. The predicted octanol–water partition coefficient (Wildman–Crippen LogP) is 4.03. The molecule has 4 aromatic carbocycles.